The summed E-state index contributed by atoms with van der Waals surface area (Å²) in [5, 5.41) is 8.30. The minimum Gasteiger partial charge on any atom is -0.207 e. The van der Waals surface area contributed by atoms with Gasteiger partial charge >= 0.3 is 0 Å². The molecular weight excluding hydrogens is 165 g/mol. The van der Waals surface area contributed by atoms with Crippen molar-refractivity contribution in [1.29, 1.82) is 5.26 Å². The smallest absolute Gasteiger partial charge is 0.123 e. The first-order valence-electron chi connectivity index (χ1n) is 4.44. The Morgan fingerprint density at radius 2 is 1.85 bits per heavy atom. The molecular formula is C11H12FN. The number of nitriles is 1. The van der Waals surface area contributed by atoms with Crippen LogP contribution in [0.4, 0.5) is 4.39 Å². The van der Waals surface area contributed by atoms with E-state index in [4.69, 9.17) is 5.26 Å². The Balaban J connectivity index is 2.30. The highest BCUT2D eigenvalue weighted by atomic mass is 19.1. The number of aryl methyl sites for hydroxylation is 1. The molecule has 0 N–H and O–H groups in total. The third-order valence-corrected chi connectivity index (χ3v) is 1.92. The van der Waals surface area contributed by atoms with E-state index in [0.29, 0.717) is 6.42 Å². The van der Waals surface area contributed by atoms with Crippen LogP contribution >= 0.6 is 0 Å². The fourth-order valence-electron chi connectivity index (χ4n) is 1.18. The summed E-state index contributed by atoms with van der Waals surface area (Å²) < 4.78 is 12.5. The van der Waals surface area contributed by atoms with E-state index in [9.17, 15) is 4.39 Å². The van der Waals surface area contributed by atoms with Gasteiger partial charge in [0.1, 0.15) is 5.82 Å². The lowest BCUT2D eigenvalue weighted by Gasteiger charge is -1.98. The summed E-state index contributed by atoms with van der Waals surface area (Å²) in [7, 11) is 0. The molecule has 68 valence electrons. The average Bonchev–Trinajstić information content (AvgIpc) is 2.15. The van der Waals surface area contributed by atoms with E-state index in [1.54, 1.807) is 12.1 Å². The van der Waals surface area contributed by atoms with Crippen molar-refractivity contribution in [1.82, 2.24) is 0 Å². The second-order valence-corrected chi connectivity index (χ2v) is 2.99. The molecule has 2 heteroatoms. The van der Waals surface area contributed by atoms with Crippen LogP contribution in [0.1, 0.15) is 24.8 Å². The molecule has 0 atom stereocenters. The van der Waals surface area contributed by atoms with Crippen molar-refractivity contribution in [3.8, 4) is 6.07 Å². The van der Waals surface area contributed by atoms with Crippen LogP contribution < -0.4 is 0 Å². The lowest BCUT2D eigenvalue weighted by molar-refractivity contribution is 0.626. The zero-order valence-corrected chi connectivity index (χ0v) is 7.46. The molecule has 1 aromatic carbocycles. The van der Waals surface area contributed by atoms with Gasteiger partial charge < -0.3 is 0 Å². The van der Waals surface area contributed by atoms with E-state index >= 15 is 0 Å². The van der Waals surface area contributed by atoms with Crippen molar-refractivity contribution in [2.75, 3.05) is 0 Å². The molecule has 13 heavy (non-hydrogen) atoms. The summed E-state index contributed by atoms with van der Waals surface area (Å²) in [4.78, 5) is 0. The molecule has 0 spiro atoms. The molecule has 0 saturated heterocycles. The quantitative estimate of drug-likeness (QED) is 0.648. The largest absolute Gasteiger partial charge is 0.207 e. The Morgan fingerprint density at radius 3 is 2.46 bits per heavy atom. The Labute approximate surface area is 77.8 Å². The molecule has 0 aliphatic heterocycles. The first kappa shape index (κ1) is 9.73. The highest BCUT2D eigenvalue weighted by Gasteiger charge is 1.93. The van der Waals surface area contributed by atoms with Crippen LogP contribution in [0.2, 0.25) is 0 Å². The van der Waals surface area contributed by atoms with Gasteiger partial charge in [-0.2, -0.15) is 5.26 Å². The van der Waals surface area contributed by atoms with Gasteiger partial charge in [-0.3, -0.25) is 0 Å². The van der Waals surface area contributed by atoms with Crippen LogP contribution in [0.3, 0.4) is 0 Å². The van der Waals surface area contributed by atoms with Crippen molar-refractivity contribution in [3.63, 3.8) is 0 Å². The molecule has 0 aliphatic carbocycles. The van der Waals surface area contributed by atoms with Gasteiger partial charge in [0.25, 0.3) is 0 Å². The summed E-state index contributed by atoms with van der Waals surface area (Å²) >= 11 is 0. The first-order chi connectivity index (χ1) is 6.33. The van der Waals surface area contributed by atoms with Crippen LogP contribution in [-0.4, -0.2) is 0 Å². The molecule has 0 bridgehead atoms. The topological polar surface area (TPSA) is 23.8 Å². The van der Waals surface area contributed by atoms with Crippen molar-refractivity contribution in [3.05, 3.63) is 35.6 Å². The van der Waals surface area contributed by atoms with E-state index in [1.165, 1.54) is 12.1 Å². The minimum absolute atomic E-state index is 0.194. The lowest BCUT2D eigenvalue weighted by atomic mass is 10.1. The van der Waals surface area contributed by atoms with Gasteiger partial charge in [-0.05, 0) is 37.0 Å². The summed E-state index contributed by atoms with van der Waals surface area (Å²) in [6.07, 6.45) is 3.47. The summed E-state index contributed by atoms with van der Waals surface area (Å²) in [5.74, 6) is -0.194. The molecule has 0 fully saturated rings. The Bertz CT molecular complexity index is 284. The molecule has 1 rings (SSSR count). The SMILES string of the molecule is N#CCCCCc1ccc(F)cc1. The van der Waals surface area contributed by atoms with Gasteiger partial charge in [0.05, 0.1) is 6.07 Å². The van der Waals surface area contributed by atoms with Crippen LogP contribution in [0, 0.1) is 17.1 Å². The van der Waals surface area contributed by atoms with Gasteiger partial charge in [0.15, 0.2) is 0 Å². The number of rotatable bonds is 4. The first-order valence-corrected chi connectivity index (χ1v) is 4.44. The molecule has 0 saturated carbocycles. The normalized spacial score (nSPS) is 9.54. The Morgan fingerprint density at radius 1 is 1.15 bits per heavy atom. The Hall–Kier alpha value is -1.36. The van der Waals surface area contributed by atoms with E-state index in [0.717, 1.165) is 24.8 Å². The number of halogens is 1. The molecule has 0 aromatic heterocycles. The maximum Gasteiger partial charge on any atom is 0.123 e. The summed E-state index contributed by atoms with van der Waals surface area (Å²) in [6.45, 7) is 0. The van der Waals surface area contributed by atoms with Crippen LogP contribution in [0.5, 0.6) is 0 Å². The van der Waals surface area contributed by atoms with Gasteiger partial charge in [0, 0.05) is 6.42 Å². The third-order valence-electron chi connectivity index (χ3n) is 1.92. The Kier molecular flexibility index (Phi) is 3.98. The zero-order valence-electron chi connectivity index (χ0n) is 7.46. The van der Waals surface area contributed by atoms with Crippen LogP contribution in [0.25, 0.3) is 0 Å². The minimum atomic E-state index is -0.194. The molecule has 1 nitrogen and oxygen atoms in total. The van der Waals surface area contributed by atoms with E-state index in [-0.39, 0.29) is 5.82 Å². The average molecular weight is 177 g/mol. The van der Waals surface area contributed by atoms with Crippen molar-refractivity contribution in [2.45, 2.75) is 25.7 Å². The number of hydrogen-bond acceptors (Lipinski definition) is 1. The van der Waals surface area contributed by atoms with E-state index in [2.05, 4.69) is 6.07 Å². The maximum atomic E-state index is 12.5. The summed E-state index contributed by atoms with van der Waals surface area (Å²) in [5.41, 5.74) is 1.14. The maximum absolute atomic E-state index is 12.5. The molecule has 0 amide bonds. The van der Waals surface area contributed by atoms with Crippen LogP contribution in [-0.2, 0) is 6.42 Å². The van der Waals surface area contributed by atoms with Crippen molar-refractivity contribution in [2.24, 2.45) is 0 Å². The lowest BCUT2D eigenvalue weighted by Crippen LogP contribution is -1.85. The van der Waals surface area contributed by atoms with Crippen LogP contribution in [0.15, 0.2) is 24.3 Å². The third kappa shape index (κ3) is 3.71. The van der Waals surface area contributed by atoms with Gasteiger partial charge in [-0.15, -0.1) is 0 Å². The zero-order chi connectivity index (χ0) is 9.52. The molecule has 0 heterocycles. The summed E-state index contributed by atoms with van der Waals surface area (Å²) in [6, 6.07) is 8.63. The molecule has 0 unspecified atom stereocenters. The predicted octanol–water partition coefficient (Wildman–Crippen LogP) is 3.06. The van der Waals surface area contributed by atoms with Gasteiger partial charge in [0.2, 0.25) is 0 Å². The van der Waals surface area contributed by atoms with Crippen molar-refractivity contribution < 1.29 is 4.39 Å². The molecule has 1 aromatic rings. The number of benzene rings is 1. The number of unbranched alkanes of at least 4 members (excludes halogenated alkanes) is 2. The number of hydrogen-bond donors (Lipinski definition) is 0. The van der Waals surface area contributed by atoms with Crippen molar-refractivity contribution >= 4 is 0 Å². The van der Waals surface area contributed by atoms with E-state index < -0.39 is 0 Å². The second kappa shape index (κ2) is 5.31. The fraction of sp³-hybridized carbons (Fsp3) is 0.364. The predicted molar refractivity (Wildman–Crippen MR) is 49.6 cm³/mol. The molecule has 0 radical (unpaired) electrons. The second-order valence-electron chi connectivity index (χ2n) is 2.99. The fourth-order valence-corrected chi connectivity index (χ4v) is 1.18. The van der Waals surface area contributed by atoms with Gasteiger partial charge in [-0.25, -0.2) is 4.39 Å². The van der Waals surface area contributed by atoms with Gasteiger partial charge in [-0.1, -0.05) is 12.1 Å². The number of nitrogens with zero attached hydrogens (tertiary/aromatic N) is 1. The monoisotopic (exact) mass is 177 g/mol. The molecule has 0 aliphatic rings. The highest BCUT2D eigenvalue weighted by Crippen LogP contribution is 2.07. The standard InChI is InChI=1S/C11H12FN/c12-11-7-5-10(6-8-11)4-2-1-3-9-13/h5-8H,1-4H2. The highest BCUT2D eigenvalue weighted by molar-refractivity contribution is 5.15. The van der Waals surface area contributed by atoms with E-state index in [1.807, 2.05) is 0 Å².